The van der Waals surface area contributed by atoms with Gasteiger partial charge in [-0.15, -0.1) is 0 Å². The second kappa shape index (κ2) is 4.92. The van der Waals surface area contributed by atoms with Gasteiger partial charge in [0.25, 0.3) is 5.56 Å². The molecule has 1 saturated heterocycles. The van der Waals surface area contributed by atoms with Gasteiger partial charge in [-0.1, -0.05) is 6.92 Å². The molecule has 1 fully saturated rings. The number of aliphatic hydroxyl groups excluding tert-OH is 2. The van der Waals surface area contributed by atoms with Crippen molar-refractivity contribution in [2.45, 2.75) is 32.6 Å². The molecule has 0 bridgehead atoms. The van der Waals surface area contributed by atoms with E-state index in [1.165, 1.54) is 10.8 Å². The van der Waals surface area contributed by atoms with Gasteiger partial charge in [0, 0.05) is 23.6 Å². The van der Waals surface area contributed by atoms with Gasteiger partial charge in [-0.2, -0.15) is 0 Å². The predicted molar refractivity (Wildman–Crippen MR) is 66.9 cm³/mol. The summed E-state index contributed by atoms with van der Waals surface area (Å²) in [5.74, 6) is 0. The number of aromatic nitrogens is 2. The molecule has 2 rings (SSSR count). The zero-order valence-electron chi connectivity index (χ0n) is 10.9. The molecule has 19 heavy (non-hydrogen) atoms. The minimum Gasteiger partial charge on any atom is -0.396 e. The van der Waals surface area contributed by atoms with E-state index >= 15 is 0 Å². The van der Waals surface area contributed by atoms with Crippen molar-refractivity contribution in [1.82, 2.24) is 9.55 Å². The average molecular weight is 270 g/mol. The minimum absolute atomic E-state index is 0.147. The van der Waals surface area contributed by atoms with E-state index in [9.17, 15) is 19.8 Å². The number of ether oxygens (including phenoxy) is 1. The fourth-order valence-corrected chi connectivity index (χ4v) is 2.33. The summed E-state index contributed by atoms with van der Waals surface area (Å²) in [4.78, 5) is 25.3. The fourth-order valence-electron chi connectivity index (χ4n) is 2.33. The lowest BCUT2D eigenvalue weighted by atomic mass is 9.84. The molecule has 2 heterocycles. The third-order valence-corrected chi connectivity index (χ3v) is 3.72. The van der Waals surface area contributed by atoms with Crippen LogP contribution in [-0.4, -0.2) is 39.1 Å². The van der Waals surface area contributed by atoms with Crippen LogP contribution in [0.1, 0.15) is 25.1 Å². The first-order valence-electron chi connectivity index (χ1n) is 6.10. The van der Waals surface area contributed by atoms with Crippen molar-refractivity contribution in [3.05, 3.63) is 32.6 Å². The maximum Gasteiger partial charge on any atom is 0.330 e. The van der Waals surface area contributed by atoms with Crippen molar-refractivity contribution in [2.75, 3.05) is 13.2 Å². The Balaban J connectivity index is 2.38. The standard InChI is InChI=1S/C12H18N2O5/c1-7-4-14(11(18)13-10(7)17)9-3-12(2,6-16)8(5-15)19-9/h4,8-9,15-16H,3,5-6H2,1-2H3,(H,13,17,18)/t8-,9-,12+/m1/s1. The Morgan fingerprint density at radius 2 is 2.21 bits per heavy atom. The molecule has 106 valence electrons. The van der Waals surface area contributed by atoms with E-state index in [1.54, 1.807) is 13.8 Å². The van der Waals surface area contributed by atoms with Gasteiger partial charge in [0.15, 0.2) is 0 Å². The second-order valence-electron chi connectivity index (χ2n) is 5.26. The van der Waals surface area contributed by atoms with Crippen LogP contribution in [0, 0.1) is 12.3 Å². The van der Waals surface area contributed by atoms with Crippen molar-refractivity contribution < 1.29 is 14.9 Å². The van der Waals surface area contributed by atoms with Crippen LogP contribution in [0.5, 0.6) is 0 Å². The van der Waals surface area contributed by atoms with Crippen LogP contribution in [0.15, 0.2) is 15.8 Å². The summed E-state index contributed by atoms with van der Waals surface area (Å²) in [6, 6.07) is 0. The summed E-state index contributed by atoms with van der Waals surface area (Å²) in [6.45, 7) is 3.01. The molecule has 7 nitrogen and oxygen atoms in total. The highest BCUT2D eigenvalue weighted by atomic mass is 16.5. The Kier molecular flexibility index (Phi) is 3.62. The molecule has 1 aromatic heterocycles. The van der Waals surface area contributed by atoms with Crippen molar-refractivity contribution in [1.29, 1.82) is 0 Å². The van der Waals surface area contributed by atoms with Gasteiger partial charge in [0.05, 0.1) is 19.3 Å². The summed E-state index contributed by atoms with van der Waals surface area (Å²) >= 11 is 0. The second-order valence-corrected chi connectivity index (χ2v) is 5.26. The zero-order valence-corrected chi connectivity index (χ0v) is 10.9. The van der Waals surface area contributed by atoms with Crippen molar-refractivity contribution >= 4 is 0 Å². The molecule has 3 N–H and O–H groups in total. The van der Waals surface area contributed by atoms with Gasteiger partial charge in [-0.3, -0.25) is 14.3 Å². The number of aliphatic hydroxyl groups is 2. The Bertz CT molecular complexity index is 578. The van der Waals surface area contributed by atoms with Crippen LogP contribution in [0.25, 0.3) is 0 Å². The lowest BCUT2D eigenvalue weighted by Gasteiger charge is -2.25. The van der Waals surface area contributed by atoms with E-state index in [1.807, 2.05) is 0 Å². The smallest absolute Gasteiger partial charge is 0.330 e. The lowest BCUT2D eigenvalue weighted by Crippen LogP contribution is -2.34. The molecule has 0 spiro atoms. The van der Waals surface area contributed by atoms with Gasteiger partial charge >= 0.3 is 5.69 Å². The molecule has 0 unspecified atom stereocenters. The number of aromatic amines is 1. The van der Waals surface area contributed by atoms with Gasteiger partial charge in [0.1, 0.15) is 6.23 Å². The van der Waals surface area contributed by atoms with E-state index < -0.39 is 29.0 Å². The molecule has 7 heteroatoms. The first-order chi connectivity index (χ1) is 8.91. The van der Waals surface area contributed by atoms with Crippen LogP contribution in [0.4, 0.5) is 0 Å². The lowest BCUT2D eigenvalue weighted by molar-refractivity contribution is -0.0542. The molecule has 0 aliphatic carbocycles. The molecule has 0 amide bonds. The molecule has 1 aliphatic heterocycles. The third-order valence-electron chi connectivity index (χ3n) is 3.72. The van der Waals surface area contributed by atoms with Crippen molar-refractivity contribution in [2.24, 2.45) is 5.41 Å². The number of hydrogen-bond donors (Lipinski definition) is 3. The van der Waals surface area contributed by atoms with E-state index in [2.05, 4.69) is 4.98 Å². The van der Waals surface area contributed by atoms with Gasteiger partial charge in [-0.25, -0.2) is 4.79 Å². The van der Waals surface area contributed by atoms with Crippen LogP contribution >= 0.6 is 0 Å². The Labute approximate surface area is 109 Å². The molecule has 0 radical (unpaired) electrons. The summed E-state index contributed by atoms with van der Waals surface area (Å²) in [5.41, 5.74) is -1.19. The number of nitrogens with one attached hydrogen (secondary N) is 1. The Morgan fingerprint density at radius 1 is 1.53 bits per heavy atom. The maximum absolute atomic E-state index is 11.8. The van der Waals surface area contributed by atoms with Crippen LogP contribution < -0.4 is 11.2 Å². The van der Waals surface area contributed by atoms with Crippen molar-refractivity contribution in [3.8, 4) is 0 Å². The molecule has 1 aromatic rings. The van der Waals surface area contributed by atoms with Gasteiger partial charge in [-0.05, 0) is 6.92 Å². The number of hydrogen-bond acceptors (Lipinski definition) is 5. The van der Waals surface area contributed by atoms with Crippen LogP contribution in [0.3, 0.4) is 0 Å². The topological polar surface area (TPSA) is 105 Å². The summed E-state index contributed by atoms with van der Waals surface area (Å²) in [7, 11) is 0. The first-order valence-corrected chi connectivity index (χ1v) is 6.10. The quantitative estimate of drug-likeness (QED) is 0.662. The fraction of sp³-hybridized carbons (Fsp3) is 0.667. The maximum atomic E-state index is 11.8. The molecular formula is C12H18N2O5. The number of nitrogens with zero attached hydrogens (tertiary/aromatic N) is 1. The highest BCUT2D eigenvalue weighted by molar-refractivity contribution is 5.02. The SMILES string of the molecule is Cc1cn([C@H]2C[C@@](C)(CO)[C@@H](CO)O2)c(=O)[nH]c1=O. The zero-order chi connectivity index (χ0) is 14.2. The van der Waals surface area contributed by atoms with E-state index in [0.717, 1.165) is 0 Å². The molecular weight excluding hydrogens is 252 g/mol. The summed E-state index contributed by atoms with van der Waals surface area (Å²) in [5, 5.41) is 18.7. The summed E-state index contributed by atoms with van der Waals surface area (Å²) in [6.07, 6.45) is 0.683. The number of aryl methyl sites for hydroxylation is 1. The number of H-pyrrole nitrogens is 1. The minimum atomic E-state index is -0.608. The Hall–Kier alpha value is -1.44. The van der Waals surface area contributed by atoms with Gasteiger partial charge in [0.2, 0.25) is 0 Å². The Morgan fingerprint density at radius 3 is 2.74 bits per heavy atom. The molecule has 3 atom stereocenters. The first kappa shape index (κ1) is 14.0. The summed E-state index contributed by atoms with van der Waals surface area (Å²) < 4.78 is 6.90. The van der Waals surface area contributed by atoms with E-state index in [0.29, 0.717) is 12.0 Å². The third kappa shape index (κ3) is 2.36. The van der Waals surface area contributed by atoms with E-state index in [-0.39, 0.29) is 13.2 Å². The predicted octanol–water partition coefficient (Wildman–Crippen LogP) is -0.877. The molecule has 0 aromatic carbocycles. The van der Waals surface area contributed by atoms with Crippen LogP contribution in [-0.2, 0) is 4.74 Å². The number of rotatable bonds is 3. The molecule has 1 aliphatic rings. The molecule has 0 saturated carbocycles. The van der Waals surface area contributed by atoms with E-state index in [4.69, 9.17) is 4.74 Å². The van der Waals surface area contributed by atoms with Gasteiger partial charge < -0.3 is 14.9 Å². The van der Waals surface area contributed by atoms with Crippen LogP contribution in [0.2, 0.25) is 0 Å². The highest BCUT2D eigenvalue weighted by Gasteiger charge is 2.45. The van der Waals surface area contributed by atoms with Crippen molar-refractivity contribution in [3.63, 3.8) is 0 Å². The monoisotopic (exact) mass is 270 g/mol. The normalized spacial score (nSPS) is 30.7. The average Bonchev–Trinajstić information content (AvgIpc) is 2.71. The largest absolute Gasteiger partial charge is 0.396 e. The highest BCUT2D eigenvalue weighted by Crippen LogP contribution is 2.42.